The fourth-order valence-corrected chi connectivity index (χ4v) is 7.51. The number of fused-ring (bicyclic) bond motifs is 3. The third kappa shape index (κ3) is 6.88. The molecule has 3 aromatic heterocycles. The van der Waals surface area contributed by atoms with Crippen LogP contribution >= 0.6 is 0 Å². The summed E-state index contributed by atoms with van der Waals surface area (Å²) in [5.41, 5.74) is 13.9. The van der Waals surface area contributed by atoms with Gasteiger partial charge in [0, 0.05) is 34.5 Å². The fraction of sp³-hybridized carbons (Fsp3) is 0.304. The van der Waals surface area contributed by atoms with Crippen LogP contribution in [0.3, 0.4) is 0 Å². The normalized spacial score (nSPS) is 11.7. The Morgan fingerprint density at radius 3 is 2.19 bits per heavy atom. The Balaban J connectivity index is 0.00000464. The molecule has 0 aliphatic rings. The molecule has 0 N–H and O–H groups in total. The summed E-state index contributed by atoms with van der Waals surface area (Å²) in [5, 5.41) is 7.41. The summed E-state index contributed by atoms with van der Waals surface area (Å²) in [5.74, 6) is 2.14. The Bertz CT molecular complexity index is 2380. The van der Waals surface area contributed by atoms with E-state index >= 15 is 0 Å². The van der Waals surface area contributed by atoms with Crippen LogP contribution in [0, 0.1) is 32.9 Å². The van der Waals surface area contributed by atoms with Gasteiger partial charge in [-0.3, -0.25) is 4.68 Å². The molecular weight excluding hydrogens is 820 g/mol. The van der Waals surface area contributed by atoms with E-state index in [2.05, 4.69) is 146 Å². The molecule has 0 aliphatic carbocycles. The first-order valence-corrected chi connectivity index (χ1v) is 18.4. The summed E-state index contributed by atoms with van der Waals surface area (Å²) in [6, 6.07) is 33.1. The van der Waals surface area contributed by atoms with Crippen molar-refractivity contribution in [1.29, 1.82) is 0 Å². The van der Waals surface area contributed by atoms with Crippen LogP contribution in [0.4, 0.5) is 0 Å². The van der Waals surface area contributed by atoms with Gasteiger partial charge in [-0.25, -0.2) is 4.98 Å². The van der Waals surface area contributed by atoms with E-state index in [0.29, 0.717) is 11.5 Å². The molecule has 0 unspecified atom stereocenters. The monoisotopic (exact) mass is 867 g/mol. The van der Waals surface area contributed by atoms with E-state index < -0.39 is 0 Å². The van der Waals surface area contributed by atoms with Crippen molar-refractivity contribution in [2.45, 2.75) is 93.4 Å². The zero-order valence-corrected chi connectivity index (χ0v) is 34.1. The summed E-state index contributed by atoms with van der Waals surface area (Å²) in [4.78, 5) is 4.81. The van der Waals surface area contributed by atoms with Gasteiger partial charge in [0.1, 0.15) is 5.82 Å². The van der Waals surface area contributed by atoms with Gasteiger partial charge in [-0.05, 0) is 97.0 Å². The van der Waals surface area contributed by atoms with E-state index in [4.69, 9.17) is 14.8 Å². The number of hydrogen-bond donors (Lipinski definition) is 0. The van der Waals surface area contributed by atoms with E-state index in [1.807, 2.05) is 16.9 Å². The van der Waals surface area contributed by atoms with Crippen molar-refractivity contribution in [3.05, 3.63) is 130 Å². The van der Waals surface area contributed by atoms with Gasteiger partial charge in [0.2, 0.25) is 0 Å². The van der Waals surface area contributed by atoms with Crippen LogP contribution in [0.2, 0.25) is 0 Å². The van der Waals surface area contributed by atoms with E-state index in [1.165, 1.54) is 33.4 Å². The van der Waals surface area contributed by atoms with Gasteiger partial charge in [-0.2, -0.15) is 11.2 Å². The van der Waals surface area contributed by atoms with Crippen LogP contribution in [0.5, 0.6) is 11.5 Å². The van der Waals surface area contributed by atoms with Crippen LogP contribution in [0.15, 0.2) is 79.0 Å². The SMILES string of the molecule is CCCc1ccnc(-n2c3[c-]c(Oc4[c-]c(-n5nc(C)c(-c6c(CC)cc(C)cc6CC)c5C)cc(C(C)(C)C)c4)ccc3c3ccccc32)c1.[Pt+2]. The molecule has 0 bridgehead atoms. The molecule has 0 saturated carbocycles. The average molecular weight is 868 g/mol. The Morgan fingerprint density at radius 2 is 1.50 bits per heavy atom. The number of aromatic nitrogens is 4. The van der Waals surface area contributed by atoms with E-state index in [1.54, 1.807) is 0 Å². The van der Waals surface area contributed by atoms with Crippen molar-refractivity contribution in [3.8, 4) is 34.1 Å². The smallest absolute Gasteiger partial charge is 0.509 e. The number of rotatable bonds is 9. The maximum absolute atomic E-state index is 6.70. The minimum atomic E-state index is -0.127. The number of benzene rings is 4. The first kappa shape index (κ1) is 37.3. The van der Waals surface area contributed by atoms with Crippen molar-refractivity contribution in [1.82, 2.24) is 19.3 Å². The predicted octanol–water partition coefficient (Wildman–Crippen LogP) is 11.7. The third-order valence-electron chi connectivity index (χ3n) is 10.0. The second-order valence-electron chi connectivity index (χ2n) is 14.8. The predicted molar refractivity (Wildman–Crippen MR) is 211 cm³/mol. The van der Waals surface area contributed by atoms with Crippen molar-refractivity contribution >= 4 is 21.8 Å². The van der Waals surface area contributed by atoms with Crippen molar-refractivity contribution < 1.29 is 25.8 Å². The standard InChI is InChI=1S/C46H48N4O.Pt/c1-10-15-32-20-21-47-43(24-32)49-41-17-14-13-16-39(41)40-19-18-37(28-42(40)49)51-38-26-35(46(7,8)9)25-36(27-38)50-31(6)44(30(5)48-50)45-33(11-2)22-29(4)23-34(45)12-3;/h13-14,16-26H,10-12,15H2,1-9H3;/q-2;+2. The molecule has 0 fully saturated rings. The number of hydrogen-bond acceptors (Lipinski definition) is 3. The van der Waals surface area contributed by atoms with E-state index in [-0.39, 0.29) is 26.5 Å². The summed E-state index contributed by atoms with van der Waals surface area (Å²) in [6.07, 6.45) is 5.94. The first-order chi connectivity index (χ1) is 24.5. The Labute approximate surface area is 323 Å². The fourth-order valence-electron chi connectivity index (χ4n) is 7.51. The summed E-state index contributed by atoms with van der Waals surface area (Å²) in [6.45, 7) is 19.9. The number of pyridine rings is 1. The zero-order chi connectivity index (χ0) is 36.0. The molecule has 268 valence electrons. The number of aryl methyl sites for hydroxylation is 5. The maximum Gasteiger partial charge on any atom is 2.00 e. The quantitative estimate of drug-likeness (QED) is 0.136. The summed E-state index contributed by atoms with van der Waals surface area (Å²) in [7, 11) is 0. The second kappa shape index (κ2) is 14.9. The number of nitrogens with zero attached hydrogens (tertiary/aromatic N) is 4. The molecule has 0 radical (unpaired) electrons. The van der Waals surface area contributed by atoms with Gasteiger partial charge in [-0.15, -0.1) is 41.3 Å². The zero-order valence-electron chi connectivity index (χ0n) is 31.8. The topological polar surface area (TPSA) is 44.9 Å². The van der Waals surface area contributed by atoms with E-state index in [9.17, 15) is 0 Å². The minimum Gasteiger partial charge on any atom is -0.509 e. The number of ether oxygens (including phenoxy) is 1. The first-order valence-electron chi connectivity index (χ1n) is 18.4. The molecule has 3 heterocycles. The van der Waals surface area contributed by atoms with Crippen LogP contribution in [0.25, 0.3) is 44.4 Å². The molecule has 4 aromatic carbocycles. The minimum absolute atomic E-state index is 0. The van der Waals surface area contributed by atoms with Crippen molar-refractivity contribution in [2.24, 2.45) is 0 Å². The molecule has 0 spiro atoms. The van der Waals surface area contributed by atoms with Gasteiger partial charge < -0.3 is 9.30 Å². The third-order valence-corrected chi connectivity index (χ3v) is 10.0. The Morgan fingerprint density at radius 1 is 0.769 bits per heavy atom. The summed E-state index contributed by atoms with van der Waals surface area (Å²) >= 11 is 0. The molecule has 6 heteroatoms. The van der Waals surface area contributed by atoms with Crippen LogP contribution in [0.1, 0.15) is 87.2 Å². The Hall–Kier alpha value is -4.47. The maximum atomic E-state index is 6.70. The van der Waals surface area contributed by atoms with Crippen LogP contribution < -0.4 is 4.74 Å². The molecule has 7 rings (SSSR count). The van der Waals surface area contributed by atoms with E-state index in [0.717, 1.165) is 75.9 Å². The largest absolute Gasteiger partial charge is 2.00 e. The van der Waals surface area contributed by atoms with Gasteiger partial charge >= 0.3 is 21.1 Å². The van der Waals surface area contributed by atoms with Crippen LogP contribution in [-0.4, -0.2) is 19.3 Å². The van der Waals surface area contributed by atoms with Gasteiger partial charge in [0.15, 0.2) is 0 Å². The Kier molecular flexibility index (Phi) is 10.7. The molecule has 5 nitrogen and oxygen atoms in total. The van der Waals surface area contributed by atoms with Crippen LogP contribution in [-0.2, 0) is 45.7 Å². The molecule has 7 aromatic rings. The van der Waals surface area contributed by atoms with Crippen molar-refractivity contribution in [3.63, 3.8) is 0 Å². The molecule has 0 amide bonds. The molecule has 0 saturated heterocycles. The van der Waals surface area contributed by atoms with Gasteiger partial charge in [-0.1, -0.05) is 89.4 Å². The van der Waals surface area contributed by atoms with Gasteiger partial charge in [0.05, 0.1) is 5.69 Å². The summed E-state index contributed by atoms with van der Waals surface area (Å²) < 4.78 is 10.9. The van der Waals surface area contributed by atoms with Gasteiger partial charge in [0.25, 0.3) is 0 Å². The molecule has 0 aliphatic heterocycles. The molecule has 52 heavy (non-hydrogen) atoms. The van der Waals surface area contributed by atoms with Crippen molar-refractivity contribution in [2.75, 3.05) is 0 Å². The molecular formula is C46H48N4OPt. The molecule has 0 atom stereocenters. The second-order valence-corrected chi connectivity index (χ2v) is 14.8. The number of para-hydroxylation sites is 1. The average Bonchev–Trinajstić information content (AvgIpc) is 3.60.